The van der Waals surface area contributed by atoms with Crippen LogP contribution < -0.4 is 5.43 Å². The lowest BCUT2D eigenvalue weighted by Gasteiger charge is -2.04. The third-order valence-electron chi connectivity index (χ3n) is 2.20. The summed E-state index contributed by atoms with van der Waals surface area (Å²) in [4.78, 5) is 0. The smallest absolute Gasteiger partial charge is 0.0721 e. The van der Waals surface area contributed by atoms with Crippen LogP contribution in [0.25, 0.3) is 0 Å². The minimum atomic E-state index is 0.487. The van der Waals surface area contributed by atoms with E-state index >= 15 is 0 Å². The maximum Gasteiger partial charge on any atom is 0.0721 e. The summed E-state index contributed by atoms with van der Waals surface area (Å²) in [5.74, 6) is 0.487. The second kappa shape index (κ2) is 3.38. The molecule has 0 amide bonds. The average molecular weight is 195 g/mol. The van der Waals surface area contributed by atoms with E-state index in [9.17, 15) is 0 Å². The molecule has 1 heterocycles. The van der Waals surface area contributed by atoms with Gasteiger partial charge in [-0.2, -0.15) is 5.10 Å². The number of hydrogen-bond donors (Lipinski definition) is 1. The Bertz CT molecular complexity index is 329. The molecule has 0 fully saturated rings. The van der Waals surface area contributed by atoms with Crippen molar-refractivity contribution in [3.63, 3.8) is 0 Å². The van der Waals surface area contributed by atoms with Gasteiger partial charge in [-0.15, -0.1) is 0 Å². The van der Waals surface area contributed by atoms with Gasteiger partial charge in [-0.3, -0.25) is 0 Å². The predicted octanol–water partition coefficient (Wildman–Crippen LogP) is 2.28. The highest BCUT2D eigenvalue weighted by Gasteiger charge is 2.17. The molecule has 1 aliphatic heterocycles. The predicted molar refractivity (Wildman–Crippen MR) is 55.2 cm³/mol. The Balaban J connectivity index is 2.30. The zero-order valence-electron chi connectivity index (χ0n) is 7.42. The van der Waals surface area contributed by atoms with E-state index in [0.29, 0.717) is 5.92 Å². The van der Waals surface area contributed by atoms with Crippen molar-refractivity contribution in [3.8, 4) is 0 Å². The van der Waals surface area contributed by atoms with Gasteiger partial charge in [-0.25, -0.2) is 0 Å². The maximum absolute atomic E-state index is 5.80. The van der Waals surface area contributed by atoms with Crippen molar-refractivity contribution in [2.75, 3.05) is 6.54 Å². The summed E-state index contributed by atoms with van der Waals surface area (Å²) in [6, 6.07) is 7.80. The molecule has 1 aliphatic rings. The third kappa shape index (κ3) is 1.68. The minimum Gasteiger partial charge on any atom is -0.309 e. The molecular weight excluding hydrogens is 184 g/mol. The topological polar surface area (TPSA) is 24.4 Å². The molecular formula is C10H11ClN2. The average Bonchev–Trinajstić information content (AvgIpc) is 2.53. The molecule has 13 heavy (non-hydrogen) atoms. The molecule has 2 rings (SSSR count). The highest BCUT2D eigenvalue weighted by Crippen LogP contribution is 2.16. The first-order valence-corrected chi connectivity index (χ1v) is 4.71. The molecule has 0 radical (unpaired) electrons. The number of nitrogens with zero attached hydrogens (tertiary/aromatic N) is 1. The first kappa shape index (κ1) is 8.57. The third-order valence-corrected chi connectivity index (χ3v) is 2.46. The number of rotatable bonds is 1. The molecule has 2 nitrogen and oxygen atoms in total. The van der Waals surface area contributed by atoms with Crippen molar-refractivity contribution in [3.05, 3.63) is 34.9 Å². The fourth-order valence-corrected chi connectivity index (χ4v) is 1.57. The number of hydrazone groups is 1. The van der Waals surface area contributed by atoms with E-state index in [1.54, 1.807) is 0 Å². The molecule has 68 valence electrons. The van der Waals surface area contributed by atoms with Crippen LogP contribution in [0.5, 0.6) is 0 Å². The maximum atomic E-state index is 5.80. The Morgan fingerprint density at radius 1 is 1.38 bits per heavy atom. The van der Waals surface area contributed by atoms with Crippen molar-refractivity contribution < 1.29 is 0 Å². The van der Waals surface area contributed by atoms with E-state index in [2.05, 4.69) is 17.5 Å². The zero-order chi connectivity index (χ0) is 9.26. The molecule has 1 aromatic rings. The van der Waals surface area contributed by atoms with Crippen LogP contribution in [0.1, 0.15) is 12.5 Å². The van der Waals surface area contributed by atoms with E-state index in [1.165, 1.54) is 0 Å². The fraction of sp³-hybridized carbons (Fsp3) is 0.300. The van der Waals surface area contributed by atoms with E-state index in [1.807, 2.05) is 24.3 Å². The fourth-order valence-electron chi connectivity index (χ4n) is 1.44. The molecule has 1 aromatic carbocycles. The van der Waals surface area contributed by atoms with Gasteiger partial charge >= 0.3 is 0 Å². The van der Waals surface area contributed by atoms with E-state index in [0.717, 1.165) is 22.8 Å². The second-order valence-electron chi connectivity index (χ2n) is 3.27. The molecule has 0 aromatic heterocycles. The van der Waals surface area contributed by atoms with Gasteiger partial charge in [0.05, 0.1) is 5.71 Å². The SMILES string of the molecule is CC1CNN=C1c1ccc(Cl)cc1. The second-order valence-corrected chi connectivity index (χ2v) is 3.70. The number of benzene rings is 1. The molecule has 3 heteroatoms. The summed E-state index contributed by atoms with van der Waals surface area (Å²) >= 11 is 5.80. The Labute approximate surface area is 82.6 Å². The highest BCUT2D eigenvalue weighted by atomic mass is 35.5. The van der Waals surface area contributed by atoms with Crippen LogP contribution in [-0.4, -0.2) is 12.3 Å². The van der Waals surface area contributed by atoms with Crippen molar-refractivity contribution in [1.29, 1.82) is 0 Å². The van der Waals surface area contributed by atoms with Crippen LogP contribution in [0.3, 0.4) is 0 Å². The van der Waals surface area contributed by atoms with Gasteiger partial charge in [0.15, 0.2) is 0 Å². The lowest BCUT2D eigenvalue weighted by Crippen LogP contribution is -2.12. The highest BCUT2D eigenvalue weighted by molar-refractivity contribution is 6.30. The molecule has 0 saturated heterocycles. The number of hydrogen-bond acceptors (Lipinski definition) is 2. The lowest BCUT2D eigenvalue weighted by atomic mass is 10.00. The lowest BCUT2D eigenvalue weighted by molar-refractivity contribution is 0.708. The first-order valence-electron chi connectivity index (χ1n) is 4.34. The number of halogens is 1. The molecule has 1 unspecified atom stereocenters. The van der Waals surface area contributed by atoms with Crippen molar-refractivity contribution in [1.82, 2.24) is 5.43 Å². The van der Waals surface area contributed by atoms with Crippen molar-refractivity contribution in [2.45, 2.75) is 6.92 Å². The van der Waals surface area contributed by atoms with Gasteiger partial charge in [0, 0.05) is 17.5 Å². The van der Waals surface area contributed by atoms with E-state index in [4.69, 9.17) is 11.6 Å². The minimum absolute atomic E-state index is 0.487. The molecule has 0 bridgehead atoms. The van der Waals surface area contributed by atoms with Gasteiger partial charge in [0.25, 0.3) is 0 Å². The van der Waals surface area contributed by atoms with Crippen LogP contribution in [0.2, 0.25) is 5.02 Å². The Hall–Kier alpha value is -1.02. The standard InChI is InChI=1S/C10H11ClN2/c1-7-6-12-13-10(7)8-2-4-9(11)5-3-8/h2-5,7,12H,6H2,1H3. The quantitative estimate of drug-likeness (QED) is 0.729. The Morgan fingerprint density at radius 3 is 2.62 bits per heavy atom. The van der Waals surface area contributed by atoms with Crippen molar-refractivity contribution in [2.24, 2.45) is 11.0 Å². The van der Waals surface area contributed by atoms with Crippen LogP contribution >= 0.6 is 11.6 Å². The molecule has 1 N–H and O–H groups in total. The molecule has 1 atom stereocenters. The van der Waals surface area contributed by atoms with Crippen LogP contribution in [0.4, 0.5) is 0 Å². The molecule has 0 spiro atoms. The van der Waals surface area contributed by atoms with Gasteiger partial charge < -0.3 is 5.43 Å². The summed E-state index contributed by atoms with van der Waals surface area (Å²) in [5, 5.41) is 5.01. The van der Waals surface area contributed by atoms with Crippen LogP contribution in [0.15, 0.2) is 29.4 Å². The summed E-state index contributed by atoms with van der Waals surface area (Å²) in [6.45, 7) is 3.09. The monoisotopic (exact) mass is 194 g/mol. The summed E-state index contributed by atoms with van der Waals surface area (Å²) < 4.78 is 0. The van der Waals surface area contributed by atoms with Gasteiger partial charge in [0.2, 0.25) is 0 Å². The van der Waals surface area contributed by atoms with Crippen LogP contribution in [0, 0.1) is 5.92 Å². The molecule has 0 aliphatic carbocycles. The largest absolute Gasteiger partial charge is 0.309 e. The van der Waals surface area contributed by atoms with E-state index in [-0.39, 0.29) is 0 Å². The van der Waals surface area contributed by atoms with Gasteiger partial charge in [-0.05, 0) is 17.7 Å². The zero-order valence-corrected chi connectivity index (χ0v) is 8.17. The first-order chi connectivity index (χ1) is 6.27. The summed E-state index contributed by atoms with van der Waals surface area (Å²) in [7, 11) is 0. The van der Waals surface area contributed by atoms with Crippen molar-refractivity contribution >= 4 is 17.3 Å². The normalized spacial score (nSPS) is 21.1. The Morgan fingerprint density at radius 2 is 2.08 bits per heavy atom. The summed E-state index contributed by atoms with van der Waals surface area (Å²) in [6.07, 6.45) is 0. The van der Waals surface area contributed by atoms with Gasteiger partial charge in [-0.1, -0.05) is 30.7 Å². The Kier molecular flexibility index (Phi) is 2.23. The summed E-state index contributed by atoms with van der Waals surface area (Å²) in [5.41, 5.74) is 5.27. The molecule has 0 saturated carbocycles. The number of nitrogens with one attached hydrogen (secondary N) is 1. The van der Waals surface area contributed by atoms with E-state index < -0.39 is 0 Å². The van der Waals surface area contributed by atoms with Gasteiger partial charge in [0.1, 0.15) is 0 Å². The van der Waals surface area contributed by atoms with Crippen LogP contribution in [-0.2, 0) is 0 Å².